The summed E-state index contributed by atoms with van der Waals surface area (Å²) in [5.74, 6) is 1.08. The van der Waals surface area contributed by atoms with Crippen molar-refractivity contribution in [3.05, 3.63) is 30.1 Å². The molecule has 2 aliphatic heterocycles. The Kier molecular flexibility index (Phi) is 3.75. The molecule has 1 unspecified atom stereocenters. The third kappa shape index (κ3) is 2.46. The van der Waals surface area contributed by atoms with Crippen molar-refractivity contribution in [2.75, 3.05) is 19.6 Å². The second-order valence-corrected chi connectivity index (χ2v) is 6.68. The van der Waals surface area contributed by atoms with Crippen molar-refractivity contribution >= 4 is 22.8 Å². The van der Waals surface area contributed by atoms with E-state index in [1.807, 2.05) is 30.1 Å². The van der Waals surface area contributed by atoms with Crippen molar-refractivity contribution < 1.29 is 9.59 Å². The number of rotatable bonds is 3. The lowest BCUT2D eigenvalue weighted by Gasteiger charge is -2.26. The fraction of sp³-hybridized carbons (Fsp3) is 0.500. The van der Waals surface area contributed by atoms with E-state index >= 15 is 0 Å². The van der Waals surface area contributed by atoms with E-state index in [2.05, 4.69) is 10.6 Å². The van der Waals surface area contributed by atoms with E-state index in [-0.39, 0.29) is 24.4 Å². The summed E-state index contributed by atoms with van der Waals surface area (Å²) in [6.45, 7) is 1.66. The highest BCUT2D eigenvalue weighted by Gasteiger charge is 2.34. The highest BCUT2D eigenvalue weighted by Crippen LogP contribution is 2.33. The summed E-state index contributed by atoms with van der Waals surface area (Å²) in [6, 6.07) is 8.05. The van der Waals surface area contributed by atoms with Gasteiger partial charge < -0.3 is 14.4 Å². The van der Waals surface area contributed by atoms with Gasteiger partial charge in [-0.15, -0.1) is 0 Å². The van der Waals surface area contributed by atoms with Crippen LogP contribution in [0, 0.1) is 0 Å². The number of aromatic nitrogens is 2. The van der Waals surface area contributed by atoms with Gasteiger partial charge in [-0.05, 0) is 31.4 Å². The topological polar surface area (TPSA) is 58.4 Å². The molecule has 0 saturated carbocycles. The fourth-order valence-corrected chi connectivity index (χ4v) is 3.92. The molecule has 2 saturated heterocycles. The summed E-state index contributed by atoms with van der Waals surface area (Å²) in [5, 5.41) is 0. The third-order valence-electron chi connectivity index (χ3n) is 5.19. The Morgan fingerprint density at radius 1 is 1.25 bits per heavy atom. The van der Waals surface area contributed by atoms with Crippen LogP contribution >= 0.6 is 0 Å². The molecule has 6 nitrogen and oxygen atoms in total. The van der Waals surface area contributed by atoms with E-state index in [0.717, 1.165) is 42.7 Å². The minimum Gasteiger partial charge on any atom is -0.333 e. The molecule has 2 amide bonds. The summed E-state index contributed by atoms with van der Waals surface area (Å²) >= 11 is 0. The molecule has 2 aromatic rings. The summed E-state index contributed by atoms with van der Waals surface area (Å²) in [5.41, 5.74) is 2.05. The second kappa shape index (κ2) is 5.92. The molecule has 0 radical (unpaired) electrons. The Bertz CT molecular complexity index is 797. The number of imidazole rings is 1. The van der Waals surface area contributed by atoms with Gasteiger partial charge in [-0.2, -0.15) is 0 Å². The number of fused-ring (bicyclic) bond motifs is 1. The Morgan fingerprint density at radius 2 is 2.08 bits per heavy atom. The highest BCUT2D eigenvalue weighted by molar-refractivity contribution is 5.86. The molecular weight excluding hydrogens is 304 g/mol. The lowest BCUT2D eigenvalue weighted by Crippen LogP contribution is -2.41. The van der Waals surface area contributed by atoms with E-state index < -0.39 is 0 Å². The van der Waals surface area contributed by atoms with Gasteiger partial charge in [0.05, 0.1) is 23.6 Å². The maximum absolute atomic E-state index is 12.8. The SMILES string of the molecule is Cn1c(C2CCCN2C(=O)CN2CCCC2=O)nc2ccccc21. The number of likely N-dealkylation sites (tertiary alicyclic amines) is 2. The van der Waals surface area contributed by atoms with Crippen LogP contribution in [0.2, 0.25) is 0 Å². The number of aryl methyl sites for hydroxylation is 1. The third-order valence-corrected chi connectivity index (χ3v) is 5.19. The van der Waals surface area contributed by atoms with Crippen molar-refractivity contribution in [1.82, 2.24) is 19.4 Å². The number of carbonyl (C=O) groups excluding carboxylic acids is 2. The first-order valence-corrected chi connectivity index (χ1v) is 8.64. The first kappa shape index (κ1) is 15.2. The van der Waals surface area contributed by atoms with E-state index in [9.17, 15) is 9.59 Å². The summed E-state index contributed by atoms with van der Waals surface area (Å²) < 4.78 is 2.09. The van der Waals surface area contributed by atoms with Crippen LogP contribution in [0.5, 0.6) is 0 Å². The van der Waals surface area contributed by atoms with Crippen LogP contribution in [0.15, 0.2) is 24.3 Å². The normalized spacial score (nSPS) is 21.2. The van der Waals surface area contributed by atoms with Crippen molar-refractivity contribution in [3.8, 4) is 0 Å². The Hall–Kier alpha value is -2.37. The molecule has 1 aromatic heterocycles. The molecular formula is C18H22N4O2. The van der Waals surface area contributed by atoms with E-state index in [1.54, 1.807) is 4.90 Å². The van der Waals surface area contributed by atoms with Crippen LogP contribution in [-0.4, -0.2) is 50.8 Å². The molecule has 2 aliphatic rings. The van der Waals surface area contributed by atoms with Crippen LogP contribution in [0.3, 0.4) is 0 Å². The largest absolute Gasteiger partial charge is 0.333 e. The van der Waals surface area contributed by atoms with E-state index in [0.29, 0.717) is 13.0 Å². The van der Waals surface area contributed by atoms with Crippen LogP contribution in [-0.2, 0) is 16.6 Å². The molecule has 1 aromatic carbocycles. The fourth-order valence-electron chi connectivity index (χ4n) is 3.92. The van der Waals surface area contributed by atoms with Crippen LogP contribution in [0.1, 0.15) is 37.5 Å². The molecule has 2 fully saturated rings. The van der Waals surface area contributed by atoms with Crippen molar-refractivity contribution in [3.63, 3.8) is 0 Å². The van der Waals surface area contributed by atoms with Crippen molar-refractivity contribution in [1.29, 1.82) is 0 Å². The van der Waals surface area contributed by atoms with Crippen molar-refractivity contribution in [2.45, 2.75) is 31.7 Å². The minimum absolute atomic E-state index is 0.00704. The average Bonchev–Trinajstić information content (AvgIpc) is 3.28. The van der Waals surface area contributed by atoms with Gasteiger partial charge in [-0.1, -0.05) is 12.1 Å². The molecule has 24 heavy (non-hydrogen) atoms. The summed E-state index contributed by atoms with van der Waals surface area (Å²) in [6.07, 6.45) is 3.34. The Labute approximate surface area is 141 Å². The molecule has 0 spiro atoms. The first-order valence-electron chi connectivity index (χ1n) is 8.64. The number of carbonyl (C=O) groups is 2. The lowest BCUT2D eigenvalue weighted by molar-refractivity contribution is -0.139. The number of nitrogens with zero attached hydrogens (tertiary/aromatic N) is 4. The zero-order chi connectivity index (χ0) is 16.7. The average molecular weight is 326 g/mol. The number of hydrogen-bond donors (Lipinski definition) is 0. The van der Waals surface area contributed by atoms with E-state index in [1.165, 1.54) is 0 Å². The Balaban J connectivity index is 1.58. The lowest BCUT2D eigenvalue weighted by atomic mass is 10.2. The van der Waals surface area contributed by atoms with Gasteiger partial charge in [-0.3, -0.25) is 9.59 Å². The quantitative estimate of drug-likeness (QED) is 0.865. The number of amides is 2. The molecule has 126 valence electrons. The molecule has 4 rings (SSSR count). The van der Waals surface area contributed by atoms with Gasteiger partial charge >= 0.3 is 0 Å². The summed E-state index contributed by atoms with van der Waals surface area (Å²) in [7, 11) is 2.01. The molecule has 6 heteroatoms. The molecule has 0 N–H and O–H groups in total. The standard InChI is InChI=1S/C18H22N4O2/c1-20-14-7-3-2-6-13(14)19-18(20)15-8-4-11-22(15)17(24)12-21-10-5-9-16(21)23/h2-3,6-7,15H,4-5,8-12H2,1H3. The zero-order valence-corrected chi connectivity index (χ0v) is 13.9. The van der Waals surface area contributed by atoms with Gasteiger partial charge in [0.25, 0.3) is 0 Å². The number of hydrogen-bond acceptors (Lipinski definition) is 3. The van der Waals surface area contributed by atoms with Crippen LogP contribution in [0.25, 0.3) is 11.0 Å². The summed E-state index contributed by atoms with van der Waals surface area (Å²) in [4.78, 5) is 32.9. The van der Waals surface area contributed by atoms with Crippen molar-refractivity contribution in [2.24, 2.45) is 7.05 Å². The predicted octanol–water partition coefficient (Wildman–Crippen LogP) is 1.86. The van der Waals surface area contributed by atoms with Gasteiger partial charge in [0, 0.05) is 26.6 Å². The molecule has 0 bridgehead atoms. The molecule has 1 atom stereocenters. The van der Waals surface area contributed by atoms with Gasteiger partial charge in [0.15, 0.2) is 0 Å². The maximum Gasteiger partial charge on any atom is 0.242 e. The van der Waals surface area contributed by atoms with Crippen LogP contribution < -0.4 is 0 Å². The zero-order valence-electron chi connectivity index (χ0n) is 13.9. The number of benzene rings is 1. The van der Waals surface area contributed by atoms with E-state index in [4.69, 9.17) is 4.98 Å². The predicted molar refractivity (Wildman–Crippen MR) is 90.2 cm³/mol. The molecule has 3 heterocycles. The van der Waals surface area contributed by atoms with Gasteiger partial charge in [-0.25, -0.2) is 4.98 Å². The second-order valence-electron chi connectivity index (χ2n) is 6.68. The Morgan fingerprint density at radius 3 is 2.83 bits per heavy atom. The van der Waals surface area contributed by atoms with Crippen LogP contribution in [0.4, 0.5) is 0 Å². The van der Waals surface area contributed by atoms with Gasteiger partial charge in [0.1, 0.15) is 5.82 Å². The highest BCUT2D eigenvalue weighted by atomic mass is 16.2. The van der Waals surface area contributed by atoms with Gasteiger partial charge in [0.2, 0.25) is 11.8 Å². The maximum atomic E-state index is 12.8. The number of para-hydroxylation sites is 2. The smallest absolute Gasteiger partial charge is 0.242 e. The molecule has 0 aliphatic carbocycles. The first-order chi connectivity index (χ1) is 11.6. The monoisotopic (exact) mass is 326 g/mol. The minimum atomic E-state index is 0.00704.